The number of hydrogen-bond donors (Lipinski definition) is 0. The molecular weight excluding hydrogens is 597 g/mol. The van der Waals surface area contributed by atoms with Gasteiger partial charge in [-0.25, -0.2) is 14.8 Å². The number of benzene rings is 8. The van der Waals surface area contributed by atoms with E-state index in [0.29, 0.717) is 5.69 Å². The summed E-state index contributed by atoms with van der Waals surface area (Å²) in [6.45, 7) is 7.46. The third kappa shape index (κ3) is 4.37. The smallest absolute Gasteiger partial charge is 0.187 e. The lowest BCUT2D eigenvalue weighted by Gasteiger charge is -2.15. The van der Waals surface area contributed by atoms with Crippen LogP contribution < -0.4 is 0 Å². The molecule has 226 valence electrons. The molecule has 2 aromatic heterocycles. The van der Waals surface area contributed by atoms with E-state index >= 15 is 0 Å². The molecule has 0 saturated carbocycles. The molecule has 0 atom stereocenters. The summed E-state index contributed by atoms with van der Waals surface area (Å²) < 4.78 is 2.29. The molecular formula is C45H26N4. The molecule has 0 spiro atoms. The number of nitrogens with zero attached hydrogens (tertiary/aromatic N) is 4. The third-order valence-corrected chi connectivity index (χ3v) is 9.71. The molecule has 10 aromatic rings. The molecule has 0 unspecified atom stereocenters. The first kappa shape index (κ1) is 27.3. The van der Waals surface area contributed by atoms with Crippen LogP contribution in [0.2, 0.25) is 0 Å². The Kier molecular flexibility index (Phi) is 5.90. The summed E-state index contributed by atoms with van der Waals surface area (Å²) in [5, 5.41) is 9.26. The van der Waals surface area contributed by atoms with Crippen molar-refractivity contribution in [3.8, 4) is 28.2 Å². The molecule has 10 rings (SSSR count). The number of hydrogen-bond acceptors (Lipinski definition) is 2. The summed E-state index contributed by atoms with van der Waals surface area (Å²) in [5.41, 5.74) is 8.44. The fourth-order valence-electron chi connectivity index (χ4n) is 7.28. The highest BCUT2D eigenvalue weighted by molar-refractivity contribution is 6.14. The van der Waals surface area contributed by atoms with E-state index in [1.165, 1.54) is 26.9 Å². The highest BCUT2D eigenvalue weighted by atomic mass is 15.1. The second kappa shape index (κ2) is 10.6. The zero-order valence-corrected chi connectivity index (χ0v) is 26.3. The largest absolute Gasteiger partial charge is 0.292 e. The van der Waals surface area contributed by atoms with Crippen LogP contribution in [0.5, 0.6) is 0 Å². The zero-order chi connectivity index (χ0) is 32.5. The van der Waals surface area contributed by atoms with Crippen LogP contribution in [-0.4, -0.2) is 14.5 Å². The van der Waals surface area contributed by atoms with Crippen molar-refractivity contribution in [2.45, 2.75) is 0 Å². The molecule has 4 heteroatoms. The Balaban J connectivity index is 1.26. The monoisotopic (exact) mass is 622 g/mol. The second-order valence-corrected chi connectivity index (χ2v) is 12.6. The first-order chi connectivity index (χ1) is 24.2. The molecule has 4 nitrogen and oxygen atoms in total. The van der Waals surface area contributed by atoms with Gasteiger partial charge in [-0.15, -0.1) is 0 Å². The Labute approximate surface area is 282 Å². The number of rotatable bonds is 3. The topological polar surface area (TPSA) is 35.1 Å². The van der Waals surface area contributed by atoms with E-state index in [2.05, 4.69) is 149 Å². The van der Waals surface area contributed by atoms with Crippen molar-refractivity contribution in [2.24, 2.45) is 0 Å². The van der Waals surface area contributed by atoms with Crippen LogP contribution >= 0.6 is 0 Å². The Morgan fingerprint density at radius 2 is 1.06 bits per heavy atom. The van der Waals surface area contributed by atoms with Gasteiger partial charge in [-0.2, -0.15) is 0 Å². The Morgan fingerprint density at radius 3 is 1.90 bits per heavy atom. The van der Waals surface area contributed by atoms with Gasteiger partial charge in [0.25, 0.3) is 0 Å². The second-order valence-electron chi connectivity index (χ2n) is 12.6. The number of para-hydroxylation sites is 1. The van der Waals surface area contributed by atoms with Crippen LogP contribution in [0.4, 0.5) is 5.69 Å². The minimum atomic E-state index is 0.639. The van der Waals surface area contributed by atoms with Crippen LogP contribution in [0.1, 0.15) is 0 Å². The summed E-state index contributed by atoms with van der Waals surface area (Å²) in [5.74, 6) is 0.800. The fourth-order valence-corrected chi connectivity index (χ4v) is 7.28. The zero-order valence-electron chi connectivity index (χ0n) is 26.3. The van der Waals surface area contributed by atoms with Gasteiger partial charge in [0.15, 0.2) is 11.5 Å². The molecule has 0 saturated heterocycles. The van der Waals surface area contributed by atoms with Crippen molar-refractivity contribution in [3.63, 3.8) is 0 Å². The normalized spacial score (nSPS) is 11.7. The van der Waals surface area contributed by atoms with Gasteiger partial charge in [0.2, 0.25) is 0 Å². The average molecular weight is 623 g/mol. The van der Waals surface area contributed by atoms with Crippen molar-refractivity contribution >= 4 is 70.8 Å². The van der Waals surface area contributed by atoms with Crippen LogP contribution in [-0.2, 0) is 0 Å². The predicted octanol–water partition coefficient (Wildman–Crippen LogP) is 12.1. The summed E-state index contributed by atoms with van der Waals surface area (Å²) in [4.78, 5) is 14.5. The van der Waals surface area contributed by atoms with Gasteiger partial charge in [-0.3, -0.25) is 4.57 Å². The van der Waals surface area contributed by atoms with Crippen molar-refractivity contribution in [1.82, 2.24) is 14.5 Å². The molecule has 49 heavy (non-hydrogen) atoms. The quantitative estimate of drug-likeness (QED) is 0.184. The SMILES string of the molecule is [C-]#[N+]c1ccc2ccc(-c3ccc4nc(-n5c6ccccc6c6cc7ccccc7cc65)c(-c5ccc6ccccc6c5)nc4c3)cc2c1. The van der Waals surface area contributed by atoms with Crippen molar-refractivity contribution < 1.29 is 0 Å². The Morgan fingerprint density at radius 1 is 0.429 bits per heavy atom. The van der Waals surface area contributed by atoms with Gasteiger partial charge in [0.05, 0.1) is 28.6 Å². The first-order valence-electron chi connectivity index (χ1n) is 16.4. The van der Waals surface area contributed by atoms with Crippen LogP contribution in [0.3, 0.4) is 0 Å². The number of aromatic nitrogens is 3. The summed E-state index contributed by atoms with van der Waals surface area (Å²) >= 11 is 0. The van der Waals surface area contributed by atoms with Crippen molar-refractivity contribution in [2.75, 3.05) is 0 Å². The predicted molar refractivity (Wildman–Crippen MR) is 204 cm³/mol. The lowest BCUT2D eigenvalue weighted by molar-refractivity contribution is 1.08. The van der Waals surface area contributed by atoms with Gasteiger partial charge >= 0.3 is 0 Å². The Hall–Kier alpha value is -6.83. The van der Waals surface area contributed by atoms with Gasteiger partial charge in [-0.1, -0.05) is 109 Å². The molecule has 2 heterocycles. The Bertz CT molecular complexity index is 3020. The molecule has 0 amide bonds. The minimum Gasteiger partial charge on any atom is -0.292 e. The highest BCUT2D eigenvalue weighted by Crippen LogP contribution is 2.38. The summed E-state index contributed by atoms with van der Waals surface area (Å²) in [6.07, 6.45) is 0. The summed E-state index contributed by atoms with van der Waals surface area (Å²) in [6, 6.07) is 55.2. The van der Waals surface area contributed by atoms with Crippen LogP contribution in [0.15, 0.2) is 158 Å². The van der Waals surface area contributed by atoms with E-state index < -0.39 is 0 Å². The van der Waals surface area contributed by atoms with Crippen molar-refractivity contribution in [3.05, 3.63) is 169 Å². The van der Waals surface area contributed by atoms with Gasteiger partial charge in [0, 0.05) is 16.3 Å². The molecule has 0 aliphatic carbocycles. The van der Waals surface area contributed by atoms with E-state index in [1.807, 2.05) is 18.2 Å². The third-order valence-electron chi connectivity index (χ3n) is 9.71. The van der Waals surface area contributed by atoms with E-state index in [9.17, 15) is 0 Å². The maximum Gasteiger partial charge on any atom is 0.187 e. The fraction of sp³-hybridized carbons (Fsp3) is 0. The van der Waals surface area contributed by atoms with E-state index in [-0.39, 0.29) is 0 Å². The maximum atomic E-state index is 7.46. The van der Waals surface area contributed by atoms with Crippen LogP contribution in [0, 0.1) is 6.57 Å². The lowest BCUT2D eigenvalue weighted by Crippen LogP contribution is -2.04. The lowest BCUT2D eigenvalue weighted by atomic mass is 10.00. The molecule has 0 bridgehead atoms. The minimum absolute atomic E-state index is 0.639. The molecule has 0 N–H and O–H groups in total. The first-order valence-corrected chi connectivity index (χ1v) is 16.4. The average Bonchev–Trinajstić information content (AvgIpc) is 3.48. The van der Waals surface area contributed by atoms with E-state index in [0.717, 1.165) is 66.4 Å². The highest BCUT2D eigenvalue weighted by Gasteiger charge is 2.20. The number of fused-ring (bicyclic) bond motifs is 7. The molecule has 0 radical (unpaired) electrons. The molecule has 8 aromatic carbocycles. The molecule has 0 aliphatic rings. The standard InChI is InChI=1S/C45H26N4/c1-46-37-20-18-29-14-16-33(23-36(29)24-37)34-19-21-40-41(26-34)47-44(35-17-15-28-8-2-3-9-30(28)22-35)45(48-40)49-42-13-7-6-12-38(42)39-25-31-10-4-5-11-32(31)27-43(39)49/h2-27H. The van der Waals surface area contributed by atoms with E-state index in [4.69, 9.17) is 16.5 Å². The van der Waals surface area contributed by atoms with Gasteiger partial charge < -0.3 is 0 Å². The van der Waals surface area contributed by atoms with Gasteiger partial charge in [-0.05, 0) is 92.0 Å². The molecule has 0 fully saturated rings. The summed E-state index contributed by atoms with van der Waals surface area (Å²) in [7, 11) is 0. The maximum absolute atomic E-state index is 7.46. The van der Waals surface area contributed by atoms with Crippen molar-refractivity contribution in [1.29, 1.82) is 0 Å². The van der Waals surface area contributed by atoms with E-state index in [1.54, 1.807) is 0 Å². The van der Waals surface area contributed by atoms with Gasteiger partial charge in [0.1, 0.15) is 5.69 Å². The van der Waals surface area contributed by atoms with Crippen LogP contribution in [0.25, 0.3) is 98.2 Å². The molecule has 0 aliphatic heterocycles.